The Bertz CT molecular complexity index is 1270. The fraction of sp³-hybridized carbons (Fsp3) is 0.614. The van der Waals surface area contributed by atoms with Crippen LogP contribution in [-0.4, -0.2) is 59.9 Å². The van der Waals surface area contributed by atoms with E-state index < -0.39 is 57.7 Å². The number of carbonyl (C=O) groups excluding carboxylic acids is 2. The fourth-order valence-electron chi connectivity index (χ4n) is 4.83. The Morgan fingerprint density at radius 1 is 0.554 bits per heavy atom. The van der Waals surface area contributed by atoms with Crippen molar-refractivity contribution in [2.24, 2.45) is 5.73 Å². The van der Waals surface area contributed by atoms with Crippen molar-refractivity contribution in [3.8, 4) is 0 Å². The van der Waals surface area contributed by atoms with E-state index in [1.54, 1.807) is 0 Å². The molecule has 1 unspecified atom stereocenters. The van der Waals surface area contributed by atoms with Crippen LogP contribution >= 0.6 is 7.82 Å². The van der Waals surface area contributed by atoms with Gasteiger partial charge in [0.1, 0.15) is 12.6 Å². The van der Waals surface area contributed by atoms with Gasteiger partial charge in [0.05, 0.1) is 13.2 Å². The summed E-state index contributed by atoms with van der Waals surface area (Å²) in [5.74, 6) is -2.51. The van der Waals surface area contributed by atoms with Crippen LogP contribution < -0.4 is 5.73 Å². The van der Waals surface area contributed by atoms with E-state index in [0.717, 1.165) is 57.8 Å². The molecule has 0 spiro atoms. The summed E-state index contributed by atoms with van der Waals surface area (Å²) in [5, 5.41) is 8.87. The lowest BCUT2D eigenvalue weighted by Gasteiger charge is -2.20. The van der Waals surface area contributed by atoms with Crippen molar-refractivity contribution < 1.29 is 47.5 Å². The van der Waals surface area contributed by atoms with Gasteiger partial charge in [0.2, 0.25) is 0 Å². The molecule has 0 radical (unpaired) electrons. The first-order chi connectivity index (χ1) is 27.1. The standard InChI is InChI=1S/C44H72NO10P/c1-3-5-7-9-11-13-15-17-19-20-22-23-25-27-29-31-33-35-42(46)52-37-40(38-53-56(50,51)54-39-41(45)44(48)49)55-43(47)36-34-32-30-28-26-24-21-18-16-14-12-10-8-6-4-2/h11-14,17-19,21-23,26-29,40-41H,3-10,15-16,20,24-25,30-39,45H2,1-2H3,(H,48,49)(H,50,51)/b13-11+,14-12+,19-17+,21-18+,23-22+,28-26+,29-27+/t40-,41+/m1/s1. The molecule has 0 aromatic heterocycles. The highest BCUT2D eigenvalue weighted by Gasteiger charge is 2.28. The zero-order valence-electron chi connectivity index (χ0n) is 34.2. The van der Waals surface area contributed by atoms with Gasteiger partial charge in [-0.05, 0) is 89.9 Å². The van der Waals surface area contributed by atoms with Crippen molar-refractivity contribution in [3.63, 3.8) is 0 Å². The number of carboxylic acid groups (broad SMARTS) is 1. The zero-order valence-corrected chi connectivity index (χ0v) is 35.1. The van der Waals surface area contributed by atoms with Crippen molar-refractivity contribution >= 4 is 25.7 Å². The van der Waals surface area contributed by atoms with Gasteiger partial charge in [-0.3, -0.25) is 23.4 Å². The number of hydrogen-bond acceptors (Lipinski definition) is 9. The van der Waals surface area contributed by atoms with Gasteiger partial charge in [-0.1, -0.05) is 125 Å². The third-order valence-corrected chi connectivity index (χ3v) is 9.07. The van der Waals surface area contributed by atoms with Gasteiger partial charge < -0.3 is 25.2 Å². The van der Waals surface area contributed by atoms with Crippen LogP contribution in [0.3, 0.4) is 0 Å². The second-order valence-electron chi connectivity index (χ2n) is 13.4. The average molecular weight is 806 g/mol. The number of carbonyl (C=O) groups is 3. The lowest BCUT2D eigenvalue weighted by Crippen LogP contribution is -2.34. The van der Waals surface area contributed by atoms with Crippen LogP contribution in [0.5, 0.6) is 0 Å². The van der Waals surface area contributed by atoms with Gasteiger partial charge >= 0.3 is 25.7 Å². The molecule has 0 rings (SSSR count). The Balaban J connectivity index is 4.58. The van der Waals surface area contributed by atoms with E-state index in [1.165, 1.54) is 38.5 Å². The largest absolute Gasteiger partial charge is 0.480 e. The minimum atomic E-state index is -4.74. The molecule has 0 saturated carbocycles. The molecule has 0 aromatic carbocycles. The predicted octanol–water partition coefficient (Wildman–Crippen LogP) is 10.7. The van der Waals surface area contributed by atoms with Crippen LogP contribution in [0.4, 0.5) is 0 Å². The van der Waals surface area contributed by atoms with Crippen LogP contribution in [-0.2, 0) is 37.5 Å². The maximum Gasteiger partial charge on any atom is 0.472 e. The highest BCUT2D eigenvalue weighted by molar-refractivity contribution is 7.47. The highest BCUT2D eigenvalue weighted by Crippen LogP contribution is 2.43. The van der Waals surface area contributed by atoms with Gasteiger partial charge in [0, 0.05) is 12.8 Å². The Morgan fingerprint density at radius 2 is 0.946 bits per heavy atom. The lowest BCUT2D eigenvalue weighted by atomic mass is 10.1. The number of ether oxygens (including phenoxy) is 2. The summed E-state index contributed by atoms with van der Waals surface area (Å²) in [6, 6.07) is -1.54. The number of phosphoric acid groups is 1. The molecule has 318 valence electrons. The molecule has 0 aliphatic rings. The van der Waals surface area contributed by atoms with Crippen LogP contribution in [0.2, 0.25) is 0 Å². The second-order valence-corrected chi connectivity index (χ2v) is 14.9. The van der Waals surface area contributed by atoms with Gasteiger partial charge in [0.25, 0.3) is 0 Å². The molecule has 0 fully saturated rings. The minimum absolute atomic E-state index is 0.0958. The van der Waals surface area contributed by atoms with Gasteiger partial charge in [-0.15, -0.1) is 0 Å². The van der Waals surface area contributed by atoms with Crippen LogP contribution in [0.15, 0.2) is 85.1 Å². The van der Waals surface area contributed by atoms with E-state index in [-0.39, 0.29) is 12.8 Å². The van der Waals surface area contributed by atoms with Crippen LogP contribution in [0.1, 0.15) is 142 Å². The number of rotatable bonds is 37. The first kappa shape index (κ1) is 52.7. The second kappa shape index (κ2) is 38.5. The normalized spacial score (nSPS) is 14.6. The molecule has 0 heterocycles. The predicted molar refractivity (Wildman–Crippen MR) is 226 cm³/mol. The number of allylic oxidation sites excluding steroid dienone is 14. The van der Waals surface area contributed by atoms with Crippen molar-refractivity contribution in [3.05, 3.63) is 85.1 Å². The summed E-state index contributed by atoms with van der Waals surface area (Å²) < 4.78 is 32.5. The van der Waals surface area contributed by atoms with Crippen LogP contribution in [0, 0.1) is 0 Å². The fourth-order valence-corrected chi connectivity index (χ4v) is 5.60. The van der Waals surface area contributed by atoms with Crippen LogP contribution in [0.25, 0.3) is 0 Å². The summed E-state index contributed by atoms with van der Waals surface area (Å²) in [6.45, 7) is 2.62. The quantitative estimate of drug-likeness (QED) is 0.0236. The molecule has 0 aliphatic heterocycles. The number of nitrogens with two attached hydrogens (primary N) is 1. The highest BCUT2D eigenvalue weighted by atomic mass is 31.2. The number of phosphoric ester groups is 1. The third kappa shape index (κ3) is 37.6. The molecule has 56 heavy (non-hydrogen) atoms. The van der Waals surface area contributed by atoms with Crippen molar-refractivity contribution in [1.29, 1.82) is 0 Å². The number of esters is 2. The first-order valence-electron chi connectivity index (χ1n) is 20.6. The summed E-state index contributed by atoms with van der Waals surface area (Å²) in [7, 11) is -4.74. The van der Waals surface area contributed by atoms with E-state index in [2.05, 4.69) is 91.3 Å². The Kier molecular flexibility index (Phi) is 36.2. The maximum atomic E-state index is 12.6. The summed E-state index contributed by atoms with van der Waals surface area (Å²) >= 11 is 0. The summed E-state index contributed by atoms with van der Waals surface area (Å²) in [5.41, 5.74) is 5.32. The zero-order chi connectivity index (χ0) is 41.4. The van der Waals surface area contributed by atoms with Crippen molar-refractivity contribution in [1.82, 2.24) is 0 Å². The SMILES string of the molecule is CCCCC/C=C/C/C=C/C/C=C/C/C=C/CCCC(=O)OC[C@H](COP(=O)(O)OC[C@H](N)C(=O)O)OC(=O)CCCC/C=C/C/C=C/C/C=C/CCCCC. The number of aliphatic carboxylic acids is 1. The molecule has 11 nitrogen and oxygen atoms in total. The molecule has 0 amide bonds. The monoisotopic (exact) mass is 805 g/mol. The van der Waals surface area contributed by atoms with E-state index in [9.17, 15) is 23.8 Å². The average Bonchev–Trinajstić information content (AvgIpc) is 3.17. The van der Waals surface area contributed by atoms with Gasteiger partial charge in [0.15, 0.2) is 6.10 Å². The van der Waals surface area contributed by atoms with E-state index >= 15 is 0 Å². The smallest absolute Gasteiger partial charge is 0.472 e. The Hall–Kier alpha value is -3.34. The molecule has 3 atom stereocenters. The van der Waals surface area contributed by atoms with E-state index in [4.69, 9.17) is 24.8 Å². The number of hydrogen-bond donors (Lipinski definition) is 3. The molecular weight excluding hydrogens is 733 g/mol. The van der Waals surface area contributed by atoms with Crippen molar-refractivity contribution in [2.75, 3.05) is 19.8 Å². The molecule has 0 aromatic rings. The first-order valence-corrected chi connectivity index (χ1v) is 22.1. The maximum absolute atomic E-state index is 12.6. The molecular formula is C44H72NO10P. The summed E-state index contributed by atoms with van der Waals surface area (Å²) in [4.78, 5) is 45.8. The molecule has 4 N–H and O–H groups in total. The molecule has 0 aliphatic carbocycles. The van der Waals surface area contributed by atoms with Gasteiger partial charge in [-0.2, -0.15) is 0 Å². The Labute approximate surface area is 337 Å². The Morgan fingerprint density at radius 3 is 1.39 bits per heavy atom. The van der Waals surface area contributed by atoms with Gasteiger partial charge in [-0.25, -0.2) is 4.57 Å². The third-order valence-electron chi connectivity index (χ3n) is 8.12. The molecule has 0 saturated heterocycles. The summed E-state index contributed by atoms with van der Waals surface area (Å²) in [6.07, 6.45) is 46.6. The minimum Gasteiger partial charge on any atom is -0.480 e. The number of carboxylic acids is 1. The van der Waals surface area contributed by atoms with Crippen molar-refractivity contribution in [2.45, 2.75) is 154 Å². The number of unbranched alkanes of at least 4 members (excludes halogenated alkanes) is 9. The molecule has 12 heteroatoms. The van der Waals surface area contributed by atoms with E-state index in [0.29, 0.717) is 19.3 Å². The van der Waals surface area contributed by atoms with E-state index in [1.807, 2.05) is 12.2 Å². The lowest BCUT2D eigenvalue weighted by molar-refractivity contribution is -0.161. The molecule has 0 bridgehead atoms. The topological polar surface area (TPSA) is 172 Å².